The lowest BCUT2D eigenvalue weighted by Gasteiger charge is -2.26. The van der Waals surface area contributed by atoms with Gasteiger partial charge in [-0.3, -0.25) is 4.79 Å². The second-order valence-corrected chi connectivity index (χ2v) is 5.00. The van der Waals surface area contributed by atoms with Crippen LogP contribution in [0, 0.1) is 0 Å². The zero-order valence-electron chi connectivity index (χ0n) is 9.99. The maximum atomic E-state index is 11.9. The highest BCUT2D eigenvalue weighted by atomic mass is 35.5. The monoisotopic (exact) mass is 251 g/mol. The summed E-state index contributed by atoms with van der Waals surface area (Å²) < 4.78 is 0. The molecule has 1 aliphatic heterocycles. The van der Waals surface area contributed by atoms with Gasteiger partial charge in [0, 0.05) is 24.5 Å². The Balaban J connectivity index is 1.81. The molecule has 0 aliphatic carbocycles. The van der Waals surface area contributed by atoms with Crippen LogP contribution in [-0.2, 0) is 11.2 Å². The van der Waals surface area contributed by atoms with Crippen LogP contribution in [0.4, 0.5) is 0 Å². The topological polar surface area (TPSA) is 20.3 Å². The summed E-state index contributed by atoms with van der Waals surface area (Å²) in [4.78, 5) is 13.9. The zero-order valence-corrected chi connectivity index (χ0v) is 10.7. The van der Waals surface area contributed by atoms with Crippen molar-refractivity contribution in [1.82, 2.24) is 4.90 Å². The molecule has 0 spiro atoms. The van der Waals surface area contributed by atoms with E-state index in [0.717, 1.165) is 37.4 Å². The molecule has 1 amide bonds. The highest BCUT2D eigenvalue weighted by Crippen LogP contribution is 2.13. The van der Waals surface area contributed by atoms with Crippen LogP contribution in [0.2, 0.25) is 5.02 Å². The molecule has 0 N–H and O–H groups in total. The first kappa shape index (κ1) is 12.4. The number of aryl methyl sites for hydroxylation is 1. The van der Waals surface area contributed by atoms with Crippen molar-refractivity contribution < 1.29 is 4.79 Å². The molecule has 0 atom stereocenters. The minimum atomic E-state index is 0.291. The number of carbonyl (C=O) groups is 1. The maximum absolute atomic E-state index is 11.9. The second kappa shape index (κ2) is 6.06. The van der Waals surface area contributed by atoms with Crippen molar-refractivity contribution in [2.75, 3.05) is 13.1 Å². The van der Waals surface area contributed by atoms with E-state index in [2.05, 4.69) is 0 Å². The van der Waals surface area contributed by atoms with Gasteiger partial charge in [0.2, 0.25) is 5.91 Å². The van der Waals surface area contributed by atoms with E-state index in [-0.39, 0.29) is 0 Å². The van der Waals surface area contributed by atoms with Gasteiger partial charge < -0.3 is 4.90 Å². The largest absolute Gasteiger partial charge is 0.343 e. The fraction of sp³-hybridized carbons (Fsp3) is 0.500. The van der Waals surface area contributed by atoms with Gasteiger partial charge in [-0.05, 0) is 43.4 Å². The third-order valence-electron chi connectivity index (χ3n) is 3.25. The summed E-state index contributed by atoms with van der Waals surface area (Å²) in [6.45, 7) is 1.89. The lowest BCUT2D eigenvalue weighted by molar-refractivity contribution is -0.132. The number of amides is 1. The van der Waals surface area contributed by atoms with Crippen molar-refractivity contribution in [2.45, 2.75) is 32.1 Å². The third-order valence-corrected chi connectivity index (χ3v) is 3.50. The van der Waals surface area contributed by atoms with E-state index >= 15 is 0 Å². The minimum Gasteiger partial charge on any atom is -0.343 e. The van der Waals surface area contributed by atoms with Crippen LogP contribution in [0.15, 0.2) is 24.3 Å². The number of hydrogen-bond donors (Lipinski definition) is 0. The Labute approximate surface area is 108 Å². The van der Waals surface area contributed by atoms with Crippen molar-refractivity contribution >= 4 is 17.5 Å². The van der Waals surface area contributed by atoms with Gasteiger partial charge in [-0.2, -0.15) is 0 Å². The molecule has 2 rings (SSSR count). The summed E-state index contributed by atoms with van der Waals surface area (Å²) in [6, 6.07) is 7.74. The molecule has 0 aromatic heterocycles. The van der Waals surface area contributed by atoms with Gasteiger partial charge in [-0.1, -0.05) is 23.7 Å². The SMILES string of the molecule is O=C(CCc1ccc(Cl)cc1)N1CCCCC1. The molecule has 92 valence electrons. The van der Waals surface area contributed by atoms with E-state index in [4.69, 9.17) is 11.6 Å². The van der Waals surface area contributed by atoms with Gasteiger partial charge in [-0.15, -0.1) is 0 Å². The number of hydrogen-bond acceptors (Lipinski definition) is 1. The first-order valence-electron chi connectivity index (χ1n) is 6.28. The maximum Gasteiger partial charge on any atom is 0.222 e. The summed E-state index contributed by atoms with van der Waals surface area (Å²) in [5.41, 5.74) is 1.18. The Bertz CT molecular complexity index is 368. The molecule has 0 bridgehead atoms. The predicted molar refractivity (Wildman–Crippen MR) is 70.2 cm³/mol. The fourth-order valence-corrected chi connectivity index (χ4v) is 2.33. The average Bonchev–Trinajstić information content (AvgIpc) is 2.39. The highest BCUT2D eigenvalue weighted by Gasteiger charge is 2.15. The number of benzene rings is 1. The van der Waals surface area contributed by atoms with Crippen LogP contribution in [0.1, 0.15) is 31.2 Å². The van der Waals surface area contributed by atoms with E-state index in [1.807, 2.05) is 29.2 Å². The normalized spacial score (nSPS) is 15.9. The first-order chi connectivity index (χ1) is 8.25. The molecule has 17 heavy (non-hydrogen) atoms. The van der Waals surface area contributed by atoms with Crippen LogP contribution in [0.5, 0.6) is 0 Å². The van der Waals surface area contributed by atoms with E-state index in [0.29, 0.717) is 12.3 Å². The molecule has 1 fully saturated rings. The summed E-state index contributed by atoms with van der Waals surface area (Å²) in [5.74, 6) is 0.291. The smallest absolute Gasteiger partial charge is 0.222 e. The van der Waals surface area contributed by atoms with Crippen molar-refractivity contribution in [3.05, 3.63) is 34.9 Å². The number of rotatable bonds is 3. The molecule has 0 unspecified atom stereocenters. The van der Waals surface area contributed by atoms with Crippen LogP contribution in [0.25, 0.3) is 0 Å². The number of carbonyl (C=O) groups excluding carboxylic acids is 1. The Hall–Kier alpha value is -1.02. The molecule has 1 aromatic rings. The second-order valence-electron chi connectivity index (χ2n) is 4.57. The Morgan fingerprint density at radius 2 is 1.76 bits per heavy atom. The summed E-state index contributed by atoms with van der Waals surface area (Å²) in [6.07, 6.45) is 5.01. The molecular weight excluding hydrogens is 234 g/mol. The van der Waals surface area contributed by atoms with E-state index in [9.17, 15) is 4.79 Å². The van der Waals surface area contributed by atoms with E-state index in [1.165, 1.54) is 12.0 Å². The van der Waals surface area contributed by atoms with Crippen molar-refractivity contribution in [1.29, 1.82) is 0 Å². The van der Waals surface area contributed by atoms with Gasteiger partial charge in [0.25, 0.3) is 0 Å². The number of nitrogens with zero attached hydrogens (tertiary/aromatic N) is 1. The van der Waals surface area contributed by atoms with Crippen LogP contribution in [-0.4, -0.2) is 23.9 Å². The van der Waals surface area contributed by atoms with Gasteiger partial charge in [0.1, 0.15) is 0 Å². The number of piperidine rings is 1. The first-order valence-corrected chi connectivity index (χ1v) is 6.66. The van der Waals surface area contributed by atoms with Crippen molar-refractivity contribution in [3.63, 3.8) is 0 Å². The van der Waals surface area contributed by atoms with Gasteiger partial charge in [0.15, 0.2) is 0 Å². The minimum absolute atomic E-state index is 0.291. The molecule has 1 aromatic carbocycles. The van der Waals surface area contributed by atoms with E-state index < -0.39 is 0 Å². The molecule has 1 heterocycles. The van der Waals surface area contributed by atoms with Crippen LogP contribution >= 0.6 is 11.6 Å². The van der Waals surface area contributed by atoms with Gasteiger partial charge in [-0.25, -0.2) is 0 Å². The quantitative estimate of drug-likeness (QED) is 0.807. The Morgan fingerprint density at radius 3 is 2.41 bits per heavy atom. The number of halogens is 1. The lowest BCUT2D eigenvalue weighted by Crippen LogP contribution is -2.35. The van der Waals surface area contributed by atoms with E-state index in [1.54, 1.807) is 0 Å². The van der Waals surface area contributed by atoms with Crippen LogP contribution in [0.3, 0.4) is 0 Å². The molecular formula is C14H18ClNO. The standard InChI is InChI=1S/C14H18ClNO/c15-13-7-4-12(5-8-13)6-9-14(17)16-10-2-1-3-11-16/h4-5,7-8H,1-3,6,9-11H2. The molecule has 1 saturated heterocycles. The van der Waals surface area contributed by atoms with Crippen molar-refractivity contribution in [3.8, 4) is 0 Å². The molecule has 0 radical (unpaired) electrons. The summed E-state index contributed by atoms with van der Waals surface area (Å²) in [7, 11) is 0. The molecule has 0 saturated carbocycles. The predicted octanol–water partition coefficient (Wildman–Crippen LogP) is 3.29. The molecule has 2 nitrogen and oxygen atoms in total. The Morgan fingerprint density at radius 1 is 1.12 bits per heavy atom. The summed E-state index contributed by atoms with van der Waals surface area (Å²) in [5, 5.41) is 0.746. The third kappa shape index (κ3) is 3.74. The Kier molecular flexibility index (Phi) is 4.43. The fourth-order valence-electron chi connectivity index (χ4n) is 2.20. The van der Waals surface area contributed by atoms with Crippen molar-refractivity contribution in [2.24, 2.45) is 0 Å². The lowest BCUT2D eigenvalue weighted by atomic mass is 10.1. The number of likely N-dealkylation sites (tertiary alicyclic amines) is 1. The van der Waals surface area contributed by atoms with Gasteiger partial charge in [0.05, 0.1) is 0 Å². The molecule has 3 heteroatoms. The summed E-state index contributed by atoms with van der Waals surface area (Å²) >= 11 is 5.82. The molecule has 1 aliphatic rings. The zero-order chi connectivity index (χ0) is 12.1. The average molecular weight is 252 g/mol. The van der Waals surface area contributed by atoms with Gasteiger partial charge >= 0.3 is 0 Å². The van der Waals surface area contributed by atoms with Crippen LogP contribution < -0.4 is 0 Å². The highest BCUT2D eigenvalue weighted by molar-refractivity contribution is 6.30.